The number of aliphatic carboxylic acids is 1. The molecule has 152 valence electrons. The van der Waals surface area contributed by atoms with Crippen molar-refractivity contribution in [2.75, 3.05) is 6.54 Å². The topological polar surface area (TPSA) is 70.8 Å². The molecular formula is C20H17ClFNO4S2. The van der Waals surface area contributed by atoms with Crippen LogP contribution in [0, 0.1) is 5.82 Å². The molecule has 0 radical (unpaired) electrons. The minimum atomic E-state index is -0.825. The minimum Gasteiger partial charge on any atom is -0.481 e. The van der Waals surface area contributed by atoms with E-state index < -0.39 is 11.8 Å². The van der Waals surface area contributed by atoms with Gasteiger partial charge >= 0.3 is 5.97 Å². The average Bonchev–Trinajstić information content (AvgIpc) is 3.23. The lowest BCUT2D eigenvalue weighted by Crippen LogP contribution is -2.29. The molecule has 2 aromatic rings. The van der Waals surface area contributed by atoms with Crippen molar-refractivity contribution in [2.24, 2.45) is 0 Å². The molecule has 1 aromatic carbocycles. The smallest absolute Gasteiger partial charge is 0.303 e. The molecule has 1 saturated heterocycles. The maximum absolute atomic E-state index is 14.0. The molecule has 3 rings (SSSR count). The molecule has 1 amide bonds. The van der Waals surface area contributed by atoms with E-state index in [4.69, 9.17) is 33.3 Å². The number of nitrogens with zero attached hydrogens (tertiary/aromatic N) is 1. The van der Waals surface area contributed by atoms with Crippen LogP contribution >= 0.6 is 35.6 Å². The van der Waals surface area contributed by atoms with E-state index in [2.05, 4.69) is 0 Å². The molecule has 2 heterocycles. The maximum atomic E-state index is 14.0. The highest BCUT2D eigenvalue weighted by Gasteiger charge is 2.31. The molecule has 1 N–H and O–H groups in total. The molecule has 0 spiro atoms. The number of carbonyl (C=O) groups excluding carboxylic acids is 1. The van der Waals surface area contributed by atoms with E-state index in [1.54, 1.807) is 18.2 Å². The van der Waals surface area contributed by atoms with Crippen LogP contribution in [0.3, 0.4) is 0 Å². The number of carbonyl (C=O) groups is 2. The van der Waals surface area contributed by atoms with E-state index in [0.717, 1.165) is 0 Å². The molecule has 0 aliphatic carbocycles. The number of carboxylic acid groups (broad SMARTS) is 1. The summed E-state index contributed by atoms with van der Waals surface area (Å²) in [7, 11) is 0. The highest BCUT2D eigenvalue weighted by Crippen LogP contribution is 2.34. The zero-order valence-electron chi connectivity index (χ0n) is 15.2. The van der Waals surface area contributed by atoms with Crippen molar-refractivity contribution in [3.05, 3.63) is 51.8 Å². The summed E-state index contributed by atoms with van der Waals surface area (Å²) < 4.78 is 20.1. The van der Waals surface area contributed by atoms with Crippen LogP contribution < -0.4 is 0 Å². The van der Waals surface area contributed by atoms with Gasteiger partial charge in [0, 0.05) is 24.1 Å². The standard InChI is InChI=1S/C20H17ClFNO4S2/c21-12-5-7-15(22)14(10-12)16-8-6-13(27-16)11-17-19(26)23(20(28)29-17)9-3-1-2-4-18(24)25/h5-8,10-11H,1-4,9H2,(H,24,25). The second-order valence-electron chi connectivity index (χ2n) is 6.36. The van der Waals surface area contributed by atoms with Gasteiger partial charge in [-0.3, -0.25) is 14.5 Å². The molecule has 29 heavy (non-hydrogen) atoms. The molecular weight excluding hydrogens is 437 g/mol. The largest absolute Gasteiger partial charge is 0.481 e. The van der Waals surface area contributed by atoms with Gasteiger partial charge < -0.3 is 9.52 Å². The first-order valence-corrected chi connectivity index (χ1v) is 10.5. The van der Waals surface area contributed by atoms with Gasteiger partial charge in [-0.2, -0.15) is 0 Å². The van der Waals surface area contributed by atoms with Crippen LogP contribution in [0.5, 0.6) is 0 Å². The Morgan fingerprint density at radius 3 is 2.83 bits per heavy atom. The number of rotatable bonds is 8. The van der Waals surface area contributed by atoms with E-state index in [1.165, 1.54) is 34.9 Å². The number of unbranched alkanes of at least 4 members (excludes halogenated alkanes) is 2. The van der Waals surface area contributed by atoms with Gasteiger partial charge in [0.05, 0.1) is 10.5 Å². The van der Waals surface area contributed by atoms with Gasteiger partial charge in [0.2, 0.25) is 0 Å². The number of furan rings is 1. The van der Waals surface area contributed by atoms with Gasteiger partial charge in [-0.1, -0.05) is 42.0 Å². The number of benzene rings is 1. The van der Waals surface area contributed by atoms with Gasteiger partial charge in [0.1, 0.15) is 21.7 Å². The Bertz CT molecular complexity index is 989. The third-order valence-corrected chi connectivity index (χ3v) is 5.85. The second-order valence-corrected chi connectivity index (χ2v) is 8.48. The molecule has 0 atom stereocenters. The van der Waals surface area contributed by atoms with Crippen LogP contribution in [0.4, 0.5) is 4.39 Å². The Labute approximate surface area is 181 Å². The van der Waals surface area contributed by atoms with E-state index in [0.29, 0.717) is 51.6 Å². The van der Waals surface area contributed by atoms with Crippen LogP contribution in [0.1, 0.15) is 31.4 Å². The summed E-state index contributed by atoms with van der Waals surface area (Å²) in [6, 6.07) is 7.46. The fraction of sp³-hybridized carbons (Fsp3) is 0.250. The van der Waals surface area contributed by atoms with Gasteiger partial charge in [0.25, 0.3) is 5.91 Å². The quantitative estimate of drug-likeness (QED) is 0.319. The Kier molecular flexibility index (Phi) is 7.10. The lowest BCUT2D eigenvalue weighted by molar-refractivity contribution is -0.137. The summed E-state index contributed by atoms with van der Waals surface area (Å²) in [4.78, 5) is 25.1. The zero-order valence-corrected chi connectivity index (χ0v) is 17.6. The number of hydrogen-bond acceptors (Lipinski definition) is 5. The highest BCUT2D eigenvalue weighted by molar-refractivity contribution is 8.26. The normalized spacial score (nSPS) is 15.5. The van der Waals surface area contributed by atoms with Crippen LogP contribution in [-0.2, 0) is 9.59 Å². The SMILES string of the molecule is O=C(O)CCCCCN1C(=O)C(=Cc2ccc(-c3cc(Cl)ccc3F)o2)SC1=S. The van der Waals surface area contributed by atoms with Crippen molar-refractivity contribution in [1.82, 2.24) is 4.90 Å². The van der Waals surface area contributed by atoms with Crippen molar-refractivity contribution >= 4 is 57.9 Å². The molecule has 1 fully saturated rings. The van der Waals surface area contributed by atoms with Crippen molar-refractivity contribution < 1.29 is 23.5 Å². The summed E-state index contributed by atoms with van der Waals surface area (Å²) in [5.41, 5.74) is 0.242. The number of thioether (sulfide) groups is 1. The number of thiocarbonyl (C=S) groups is 1. The van der Waals surface area contributed by atoms with Crippen LogP contribution in [-0.4, -0.2) is 32.7 Å². The van der Waals surface area contributed by atoms with E-state index in [-0.39, 0.29) is 17.9 Å². The fourth-order valence-electron chi connectivity index (χ4n) is 2.81. The van der Waals surface area contributed by atoms with Gasteiger partial charge in [-0.15, -0.1) is 0 Å². The predicted molar refractivity (Wildman–Crippen MR) is 115 cm³/mol. The summed E-state index contributed by atoms with van der Waals surface area (Å²) in [5, 5.41) is 9.05. The van der Waals surface area contributed by atoms with E-state index >= 15 is 0 Å². The molecule has 0 bridgehead atoms. The zero-order chi connectivity index (χ0) is 21.0. The van der Waals surface area contributed by atoms with Gasteiger partial charge in [0.15, 0.2) is 0 Å². The Morgan fingerprint density at radius 2 is 2.07 bits per heavy atom. The summed E-state index contributed by atoms with van der Waals surface area (Å²) in [6.07, 6.45) is 3.64. The maximum Gasteiger partial charge on any atom is 0.303 e. The van der Waals surface area contributed by atoms with Gasteiger partial charge in [-0.05, 0) is 43.2 Å². The van der Waals surface area contributed by atoms with Crippen molar-refractivity contribution in [3.63, 3.8) is 0 Å². The first-order chi connectivity index (χ1) is 13.8. The highest BCUT2D eigenvalue weighted by atomic mass is 35.5. The first-order valence-electron chi connectivity index (χ1n) is 8.87. The second kappa shape index (κ2) is 9.56. The molecule has 9 heteroatoms. The lowest BCUT2D eigenvalue weighted by Gasteiger charge is -2.13. The molecule has 1 aliphatic heterocycles. The van der Waals surface area contributed by atoms with E-state index in [1.807, 2.05) is 0 Å². The Hall–Kier alpha value is -2.16. The number of halogens is 2. The summed E-state index contributed by atoms with van der Waals surface area (Å²) in [6.45, 7) is 0.443. The molecule has 0 unspecified atom stereocenters. The van der Waals surface area contributed by atoms with Crippen molar-refractivity contribution in [3.8, 4) is 11.3 Å². The Morgan fingerprint density at radius 1 is 1.28 bits per heavy atom. The van der Waals surface area contributed by atoms with Crippen LogP contribution in [0.25, 0.3) is 17.4 Å². The lowest BCUT2D eigenvalue weighted by atomic mass is 10.1. The molecule has 1 aromatic heterocycles. The van der Waals surface area contributed by atoms with Gasteiger partial charge in [-0.25, -0.2) is 4.39 Å². The number of carboxylic acids is 1. The van der Waals surface area contributed by atoms with E-state index in [9.17, 15) is 14.0 Å². The first kappa shape index (κ1) is 21.5. The fourth-order valence-corrected chi connectivity index (χ4v) is 4.27. The predicted octanol–water partition coefficient (Wildman–Crippen LogP) is 5.59. The molecule has 0 saturated carbocycles. The third kappa shape index (κ3) is 5.46. The summed E-state index contributed by atoms with van der Waals surface area (Å²) in [5.74, 6) is -0.782. The van der Waals surface area contributed by atoms with Crippen molar-refractivity contribution in [1.29, 1.82) is 0 Å². The average molecular weight is 454 g/mol. The minimum absolute atomic E-state index is 0.117. The molecule has 1 aliphatic rings. The van der Waals surface area contributed by atoms with Crippen LogP contribution in [0.2, 0.25) is 5.02 Å². The monoisotopic (exact) mass is 453 g/mol. The van der Waals surface area contributed by atoms with Crippen LogP contribution in [0.15, 0.2) is 39.7 Å². The van der Waals surface area contributed by atoms with Crippen molar-refractivity contribution in [2.45, 2.75) is 25.7 Å². The molecule has 5 nitrogen and oxygen atoms in total. The summed E-state index contributed by atoms with van der Waals surface area (Å²) >= 11 is 12.4. The Balaban J connectivity index is 1.66. The third-order valence-electron chi connectivity index (χ3n) is 4.24. The number of amides is 1. The number of hydrogen-bond donors (Lipinski definition) is 1.